The summed E-state index contributed by atoms with van der Waals surface area (Å²) < 4.78 is 27.7. The molecule has 4 saturated heterocycles. The predicted octanol–water partition coefficient (Wildman–Crippen LogP) is -2.69. The Kier molecular flexibility index (Phi) is 4.96. The van der Waals surface area contributed by atoms with Crippen molar-refractivity contribution in [3.63, 3.8) is 0 Å². The summed E-state index contributed by atoms with van der Waals surface area (Å²) in [6, 6.07) is -1.23. The molecule has 4 aliphatic heterocycles. The van der Waals surface area contributed by atoms with E-state index in [1.807, 2.05) is 0 Å². The van der Waals surface area contributed by atoms with E-state index in [2.05, 4.69) is 21.3 Å². The van der Waals surface area contributed by atoms with Gasteiger partial charge in [-0.25, -0.2) is 8.78 Å². The summed E-state index contributed by atoms with van der Waals surface area (Å²) in [6.07, 6.45) is 0.0855. The number of benzene rings is 1. The summed E-state index contributed by atoms with van der Waals surface area (Å²) in [5.74, 6) is -7.31. The minimum atomic E-state index is -2.85. The summed E-state index contributed by atoms with van der Waals surface area (Å²) in [6.45, 7) is -0.557. The second-order valence-electron chi connectivity index (χ2n) is 8.87. The van der Waals surface area contributed by atoms with Gasteiger partial charge in [0.15, 0.2) is 17.6 Å². The quantitative estimate of drug-likeness (QED) is 0.163. The Bertz CT molecular complexity index is 1160. The molecule has 13 nitrogen and oxygen atoms in total. The van der Waals surface area contributed by atoms with Crippen LogP contribution in [0.2, 0.25) is 0 Å². The Labute approximate surface area is 196 Å². The maximum Gasteiger partial charge on any atom is 0.254 e. The first-order valence-electron chi connectivity index (χ1n) is 10.8. The Hall–Kier alpha value is -3.85. The standard InChI is InChI=1S/C20H22F2N8O5/c21-8-1-2-10(22)9(5-8)16(33)26-12-7-30-18(24)25-11(6-29-13(31)3-4-14(29)32)15-19(30,20(12,34)35)28-17(23)27-15/h1-2,5,11-12,15,34-35H,3-4,6-7H2,(H2,24,25)(H,26,33)(H3,23,27,28)/t11?,12?,15-,19-/m0/s1. The van der Waals surface area contributed by atoms with E-state index in [1.54, 1.807) is 0 Å². The number of hydrogen-bond acceptors (Lipinski definition) is 7. The van der Waals surface area contributed by atoms with Crippen molar-refractivity contribution < 1.29 is 33.4 Å². The van der Waals surface area contributed by atoms with Gasteiger partial charge in [-0.15, -0.1) is 0 Å². The fourth-order valence-electron chi connectivity index (χ4n) is 5.26. The van der Waals surface area contributed by atoms with E-state index < -0.39 is 64.5 Å². The van der Waals surface area contributed by atoms with Gasteiger partial charge in [0, 0.05) is 19.4 Å². The van der Waals surface area contributed by atoms with Gasteiger partial charge < -0.3 is 36.4 Å². The van der Waals surface area contributed by atoms with Crippen molar-refractivity contribution in [3.05, 3.63) is 35.4 Å². The molecular formula is C20H22F2N8O5. The zero-order valence-electron chi connectivity index (χ0n) is 18.1. The number of aliphatic hydroxyl groups is 2. The monoisotopic (exact) mass is 492 g/mol. The summed E-state index contributed by atoms with van der Waals surface area (Å²) in [5.41, 5.74) is -2.62. The lowest BCUT2D eigenvalue weighted by atomic mass is 9.84. The predicted molar refractivity (Wildman–Crippen MR) is 113 cm³/mol. The third-order valence-electron chi connectivity index (χ3n) is 6.91. The fourth-order valence-corrected chi connectivity index (χ4v) is 5.26. The van der Waals surface area contributed by atoms with E-state index >= 15 is 0 Å². The molecule has 186 valence electrons. The van der Waals surface area contributed by atoms with Gasteiger partial charge >= 0.3 is 0 Å². The molecule has 5 rings (SSSR count). The molecule has 1 spiro atoms. The Morgan fingerprint density at radius 2 is 1.86 bits per heavy atom. The third kappa shape index (κ3) is 3.22. The molecule has 0 aromatic heterocycles. The summed E-state index contributed by atoms with van der Waals surface area (Å²) in [5, 5.41) is 49.6. The summed E-state index contributed by atoms with van der Waals surface area (Å²) >= 11 is 0. The number of nitrogens with one attached hydrogen (secondary N) is 6. The van der Waals surface area contributed by atoms with Crippen molar-refractivity contribution in [1.29, 1.82) is 10.8 Å². The zero-order valence-corrected chi connectivity index (χ0v) is 18.1. The lowest BCUT2D eigenvalue weighted by Crippen LogP contribution is -2.81. The number of nitrogens with zero attached hydrogens (tertiary/aromatic N) is 2. The van der Waals surface area contributed by atoms with Crippen LogP contribution in [0.3, 0.4) is 0 Å². The Morgan fingerprint density at radius 3 is 2.54 bits per heavy atom. The molecule has 0 bridgehead atoms. The van der Waals surface area contributed by atoms with Crippen LogP contribution >= 0.6 is 0 Å². The molecule has 2 unspecified atom stereocenters. The van der Waals surface area contributed by atoms with E-state index in [0.29, 0.717) is 6.07 Å². The molecule has 1 aromatic carbocycles. The van der Waals surface area contributed by atoms with Gasteiger partial charge in [0.2, 0.25) is 17.6 Å². The molecule has 8 N–H and O–H groups in total. The first-order chi connectivity index (χ1) is 16.5. The van der Waals surface area contributed by atoms with E-state index in [-0.39, 0.29) is 37.9 Å². The molecule has 4 heterocycles. The largest absolute Gasteiger partial charge is 0.361 e. The number of imide groups is 1. The fraction of sp³-hybridized carbons (Fsp3) is 0.450. The van der Waals surface area contributed by atoms with Gasteiger partial charge in [-0.1, -0.05) is 0 Å². The maximum atomic E-state index is 14.1. The number of hydrogen-bond donors (Lipinski definition) is 8. The van der Waals surface area contributed by atoms with Gasteiger partial charge in [-0.05, 0) is 18.2 Å². The normalized spacial score (nSPS) is 31.0. The number of amides is 3. The molecular weight excluding hydrogens is 470 g/mol. The highest BCUT2D eigenvalue weighted by Gasteiger charge is 2.74. The molecule has 35 heavy (non-hydrogen) atoms. The highest BCUT2D eigenvalue weighted by molar-refractivity contribution is 6.02. The number of rotatable bonds is 4. The molecule has 1 aromatic rings. The molecule has 15 heteroatoms. The lowest BCUT2D eigenvalue weighted by Gasteiger charge is -2.51. The number of guanidine groups is 2. The van der Waals surface area contributed by atoms with Crippen LogP contribution in [0.15, 0.2) is 18.2 Å². The first-order valence-corrected chi connectivity index (χ1v) is 10.8. The van der Waals surface area contributed by atoms with E-state index in [4.69, 9.17) is 10.8 Å². The number of likely N-dealkylation sites (tertiary alicyclic amines) is 1. The van der Waals surface area contributed by atoms with Crippen molar-refractivity contribution in [1.82, 2.24) is 31.1 Å². The molecule has 4 atom stereocenters. The van der Waals surface area contributed by atoms with Gasteiger partial charge in [0.1, 0.15) is 17.7 Å². The summed E-state index contributed by atoms with van der Waals surface area (Å²) in [7, 11) is 0. The van der Waals surface area contributed by atoms with Crippen molar-refractivity contribution in [2.45, 2.75) is 42.4 Å². The van der Waals surface area contributed by atoms with Crippen LogP contribution in [0.25, 0.3) is 0 Å². The van der Waals surface area contributed by atoms with E-state index in [1.165, 1.54) is 4.90 Å². The van der Waals surface area contributed by atoms with Crippen LogP contribution in [-0.4, -0.2) is 92.3 Å². The van der Waals surface area contributed by atoms with Gasteiger partial charge in [-0.3, -0.25) is 30.1 Å². The second-order valence-corrected chi connectivity index (χ2v) is 8.87. The molecule has 4 aliphatic rings. The molecule has 4 fully saturated rings. The van der Waals surface area contributed by atoms with Crippen LogP contribution in [0, 0.1) is 22.5 Å². The Balaban J connectivity index is 1.47. The summed E-state index contributed by atoms with van der Waals surface area (Å²) in [4.78, 5) is 39.2. The molecule has 0 aliphatic carbocycles. The highest BCUT2D eigenvalue weighted by atomic mass is 19.1. The van der Waals surface area contributed by atoms with E-state index in [0.717, 1.165) is 17.0 Å². The zero-order chi connectivity index (χ0) is 25.3. The number of carbonyl (C=O) groups is 3. The van der Waals surface area contributed by atoms with Crippen molar-refractivity contribution in [2.75, 3.05) is 13.1 Å². The minimum absolute atomic E-state index is 0.0428. The average molecular weight is 492 g/mol. The van der Waals surface area contributed by atoms with Gasteiger partial charge in [-0.2, -0.15) is 0 Å². The van der Waals surface area contributed by atoms with Crippen LogP contribution in [0.4, 0.5) is 8.78 Å². The van der Waals surface area contributed by atoms with Crippen LogP contribution in [-0.2, 0) is 9.59 Å². The number of carbonyl (C=O) groups excluding carboxylic acids is 3. The van der Waals surface area contributed by atoms with Crippen molar-refractivity contribution in [3.8, 4) is 0 Å². The molecule has 0 radical (unpaired) electrons. The van der Waals surface area contributed by atoms with Crippen molar-refractivity contribution >= 4 is 29.6 Å². The highest BCUT2D eigenvalue weighted by Crippen LogP contribution is 2.43. The smallest absolute Gasteiger partial charge is 0.254 e. The van der Waals surface area contributed by atoms with E-state index in [9.17, 15) is 33.4 Å². The maximum absolute atomic E-state index is 14.1. The second kappa shape index (κ2) is 7.58. The molecule has 0 saturated carbocycles. The van der Waals surface area contributed by atoms with Crippen LogP contribution in [0.1, 0.15) is 23.2 Å². The SMILES string of the molecule is N=C1N[C@H]2C(CN3C(=O)CCC3=O)NC(=N)N3CC(NC(=O)c4cc(F)ccc4F)C(O)(O)[C@]23N1. The topological polar surface area (TPSA) is 194 Å². The van der Waals surface area contributed by atoms with Crippen LogP contribution in [0.5, 0.6) is 0 Å². The van der Waals surface area contributed by atoms with Gasteiger partial charge in [0.05, 0.1) is 24.2 Å². The number of halogens is 2. The Morgan fingerprint density at radius 1 is 1.17 bits per heavy atom. The van der Waals surface area contributed by atoms with Crippen LogP contribution < -0.4 is 21.3 Å². The van der Waals surface area contributed by atoms with Crippen molar-refractivity contribution in [2.24, 2.45) is 0 Å². The first kappa shape index (κ1) is 22.9. The minimum Gasteiger partial charge on any atom is -0.361 e. The molecule has 3 amide bonds. The average Bonchev–Trinajstić information content (AvgIpc) is 3.38. The van der Waals surface area contributed by atoms with Gasteiger partial charge in [0.25, 0.3) is 5.91 Å². The third-order valence-corrected chi connectivity index (χ3v) is 6.91. The lowest BCUT2D eigenvalue weighted by molar-refractivity contribution is -0.232.